The Balaban J connectivity index is 1.75. The average Bonchev–Trinajstić information content (AvgIpc) is 3.29. The van der Waals surface area contributed by atoms with Gasteiger partial charge < -0.3 is 15.7 Å². The number of aliphatic carboxylic acids is 1. The first-order valence-corrected chi connectivity index (χ1v) is 6.78. The van der Waals surface area contributed by atoms with Gasteiger partial charge in [0.15, 0.2) is 0 Å². The van der Waals surface area contributed by atoms with Gasteiger partial charge in [-0.2, -0.15) is 0 Å². The first kappa shape index (κ1) is 13.4. The van der Waals surface area contributed by atoms with Gasteiger partial charge in [0.05, 0.1) is 5.69 Å². The van der Waals surface area contributed by atoms with Crippen molar-refractivity contribution in [2.75, 3.05) is 5.32 Å². The molecule has 0 radical (unpaired) electrons. The zero-order chi connectivity index (χ0) is 14.8. The average molecular weight is 285 g/mol. The second-order valence-electron chi connectivity index (χ2n) is 5.15. The van der Waals surface area contributed by atoms with Crippen molar-refractivity contribution in [1.82, 2.24) is 10.3 Å². The molecule has 2 amide bonds. The number of pyridine rings is 1. The summed E-state index contributed by atoms with van der Waals surface area (Å²) in [5.74, 6) is -0.949. The van der Waals surface area contributed by atoms with Crippen LogP contribution in [0.25, 0.3) is 10.8 Å². The molecule has 1 saturated carbocycles. The number of amides is 2. The molecule has 6 nitrogen and oxygen atoms in total. The molecule has 1 aliphatic rings. The van der Waals surface area contributed by atoms with Gasteiger partial charge in [-0.1, -0.05) is 12.1 Å². The van der Waals surface area contributed by atoms with Crippen LogP contribution in [-0.4, -0.2) is 28.1 Å². The number of urea groups is 1. The van der Waals surface area contributed by atoms with Crippen LogP contribution < -0.4 is 10.6 Å². The molecular formula is C15H15N3O3. The number of hydrogen-bond donors (Lipinski definition) is 3. The highest BCUT2D eigenvalue weighted by Crippen LogP contribution is 2.32. The fraction of sp³-hybridized carbons (Fsp3) is 0.267. The summed E-state index contributed by atoms with van der Waals surface area (Å²) in [6.07, 6.45) is 5.03. The van der Waals surface area contributed by atoms with Gasteiger partial charge in [0.25, 0.3) is 0 Å². The first-order valence-electron chi connectivity index (χ1n) is 6.78. The Hall–Kier alpha value is -2.63. The Labute approximate surface area is 121 Å². The maximum Gasteiger partial charge on any atom is 0.326 e. The maximum atomic E-state index is 12.0. The second kappa shape index (κ2) is 5.40. The molecule has 1 aromatic heterocycles. The number of rotatable bonds is 4. The zero-order valence-corrected chi connectivity index (χ0v) is 11.2. The highest BCUT2D eigenvalue weighted by molar-refractivity contribution is 6.01. The van der Waals surface area contributed by atoms with E-state index in [1.54, 1.807) is 18.5 Å². The summed E-state index contributed by atoms with van der Waals surface area (Å²) in [6.45, 7) is 0. The molecule has 21 heavy (non-hydrogen) atoms. The topological polar surface area (TPSA) is 91.3 Å². The van der Waals surface area contributed by atoms with E-state index in [9.17, 15) is 9.59 Å². The van der Waals surface area contributed by atoms with Gasteiger partial charge >= 0.3 is 12.0 Å². The quantitative estimate of drug-likeness (QED) is 0.803. The summed E-state index contributed by atoms with van der Waals surface area (Å²) < 4.78 is 0. The summed E-state index contributed by atoms with van der Waals surface area (Å²) >= 11 is 0. The van der Waals surface area contributed by atoms with E-state index in [0.717, 1.165) is 23.6 Å². The Morgan fingerprint density at radius 1 is 1.29 bits per heavy atom. The predicted octanol–water partition coefficient (Wildman–Crippen LogP) is 2.22. The van der Waals surface area contributed by atoms with Crippen molar-refractivity contribution in [2.24, 2.45) is 5.92 Å². The molecule has 2 aromatic rings. The number of carbonyl (C=O) groups is 2. The van der Waals surface area contributed by atoms with Crippen molar-refractivity contribution >= 4 is 28.5 Å². The summed E-state index contributed by atoms with van der Waals surface area (Å²) in [6, 6.07) is 6.03. The molecule has 3 N–H and O–H groups in total. The van der Waals surface area contributed by atoms with Crippen LogP contribution in [0.15, 0.2) is 36.7 Å². The minimum Gasteiger partial charge on any atom is -0.480 e. The Morgan fingerprint density at radius 3 is 2.81 bits per heavy atom. The first-order chi connectivity index (χ1) is 10.1. The molecule has 6 heteroatoms. The Morgan fingerprint density at radius 2 is 2.10 bits per heavy atom. The van der Waals surface area contributed by atoms with Crippen LogP contribution in [0.4, 0.5) is 10.5 Å². The molecule has 1 aliphatic carbocycles. The molecule has 1 atom stereocenters. The number of nitrogens with one attached hydrogen (secondary N) is 2. The van der Waals surface area contributed by atoms with Crippen molar-refractivity contribution < 1.29 is 14.7 Å². The van der Waals surface area contributed by atoms with Crippen molar-refractivity contribution in [3.8, 4) is 0 Å². The summed E-state index contributed by atoms with van der Waals surface area (Å²) in [7, 11) is 0. The highest BCUT2D eigenvalue weighted by atomic mass is 16.4. The summed E-state index contributed by atoms with van der Waals surface area (Å²) in [4.78, 5) is 27.2. The van der Waals surface area contributed by atoms with E-state index in [1.165, 1.54) is 0 Å². The third-order valence-corrected chi connectivity index (χ3v) is 3.58. The van der Waals surface area contributed by atoms with Crippen LogP contribution in [0.2, 0.25) is 0 Å². The van der Waals surface area contributed by atoms with E-state index < -0.39 is 18.0 Å². The molecule has 0 saturated heterocycles. The molecular weight excluding hydrogens is 270 g/mol. The molecule has 3 rings (SSSR count). The van der Waals surface area contributed by atoms with Crippen molar-refractivity contribution in [2.45, 2.75) is 18.9 Å². The monoisotopic (exact) mass is 285 g/mol. The fourth-order valence-corrected chi connectivity index (χ4v) is 2.33. The third-order valence-electron chi connectivity index (χ3n) is 3.58. The number of carboxylic acid groups (broad SMARTS) is 1. The van der Waals surface area contributed by atoms with Crippen molar-refractivity contribution in [3.63, 3.8) is 0 Å². The number of hydrogen-bond acceptors (Lipinski definition) is 3. The molecule has 0 bridgehead atoms. The molecule has 0 aliphatic heterocycles. The van der Waals surface area contributed by atoms with E-state index in [2.05, 4.69) is 15.6 Å². The molecule has 1 fully saturated rings. The van der Waals surface area contributed by atoms with Gasteiger partial charge in [0, 0.05) is 17.8 Å². The standard InChI is InChI=1S/C15H15N3O3/c19-14(20)13(10-4-5-10)18-15(21)17-12-3-1-2-9-6-7-16-8-11(9)12/h1-3,6-8,10,13H,4-5H2,(H,19,20)(H2,17,18,21). The Kier molecular flexibility index (Phi) is 3.43. The second-order valence-corrected chi connectivity index (χ2v) is 5.15. The molecule has 108 valence electrons. The number of fused-ring (bicyclic) bond motifs is 1. The van der Waals surface area contributed by atoms with Crippen LogP contribution in [0.5, 0.6) is 0 Å². The van der Waals surface area contributed by atoms with E-state index in [4.69, 9.17) is 5.11 Å². The van der Waals surface area contributed by atoms with Crippen LogP contribution in [-0.2, 0) is 4.79 Å². The maximum absolute atomic E-state index is 12.0. The molecule has 1 heterocycles. The lowest BCUT2D eigenvalue weighted by atomic mass is 10.1. The van der Waals surface area contributed by atoms with Gasteiger partial charge in [-0.25, -0.2) is 9.59 Å². The number of nitrogens with zero attached hydrogens (tertiary/aromatic N) is 1. The lowest BCUT2D eigenvalue weighted by Crippen LogP contribution is -2.44. The highest BCUT2D eigenvalue weighted by Gasteiger charge is 2.37. The smallest absolute Gasteiger partial charge is 0.326 e. The van der Waals surface area contributed by atoms with Crippen molar-refractivity contribution in [1.29, 1.82) is 0 Å². The fourth-order valence-electron chi connectivity index (χ4n) is 2.33. The van der Waals surface area contributed by atoms with E-state index in [0.29, 0.717) is 5.69 Å². The number of anilines is 1. The largest absolute Gasteiger partial charge is 0.480 e. The molecule has 0 spiro atoms. The predicted molar refractivity (Wildman–Crippen MR) is 78.0 cm³/mol. The summed E-state index contributed by atoms with van der Waals surface area (Å²) in [5, 5.41) is 16.1. The van der Waals surface area contributed by atoms with Gasteiger partial charge in [-0.15, -0.1) is 0 Å². The zero-order valence-electron chi connectivity index (χ0n) is 11.2. The number of benzene rings is 1. The van der Waals surface area contributed by atoms with Crippen LogP contribution in [0, 0.1) is 5.92 Å². The molecule has 1 unspecified atom stereocenters. The van der Waals surface area contributed by atoms with Crippen LogP contribution >= 0.6 is 0 Å². The van der Waals surface area contributed by atoms with E-state index >= 15 is 0 Å². The van der Waals surface area contributed by atoms with Gasteiger partial charge in [-0.3, -0.25) is 4.98 Å². The summed E-state index contributed by atoms with van der Waals surface area (Å²) in [5.41, 5.74) is 0.609. The van der Waals surface area contributed by atoms with E-state index in [1.807, 2.05) is 18.2 Å². The van der Waals surface area contributed by atoms with Crippen LogP contribution in [0.1, 0.15) is 12.8 Å². The van der Waals surface area contributed by atoms with Gasteiger partial charge in [0.1, 0.15) is 6.04 Å². The SMILES string of the molecule is O=C(Nc1cccc2ccncc12)NC(C(=O)O)C1CC1. The number of aromatic nitrogens is 1. The van der Waals surface area contributed by atoms with Crippen molar-refractivity contribution in [3.05, 3.63) is 36.7 Å². The van der Waals surface area contributed by atoms with E-state index in [-0.39, 0.29) is 5.92 Å². The van der Waals surface area contributed by atoms with Crippen LogP contribution in [0.3, 0.4) is 0 Å². The van der Waals surface area contributed by atoms with Gasteiger partial charge in [0.2, 0.25) is 0 Å². The number of carboxylic acids is 1. The number of carbonyl (C=O) groups excluding carboxylic acids is 1. The Bertz CT molecular complexity index is 692. The normalized spacial score (nSPS) is 15.4. The van der Waals surface area contributed by atoms with Gasteiger partial charge in [-0.05, 0) is 36.3 Å². The minimum absolute atomic E-state index is 0.0439. The lowest BCUT2D eigenvalue weighted by molar-refractivity contribution is -0.139. The molecule has 1 aromatic carbocycles. The third kappa shape index (κ3) is 2.94. The lowest BCUT2D eigenvalue weighted by Gasteiger charge is -2.15. The minimum atomic E-state index is -0.993.